The van der Waals surface area contributed by atoms with E-state index in [0.29, 0.717) is 26.2 Å². The summed E-state index contributed by atoms with van der Waals surface area (Å²) >= 11 is 0. The number of nitrogens with two attached hydrogens (primary N) is 1. The summed E-state index contributed by atoms with van der Waals surface area (Å²) in [5, 5.41) is 0. The van der Waals surface area contributed by atoms with Crippen LogP contribution in [0.25, 0.3) is 0 Å². The van der Waals surface area contributed by atoms with E-state index in [0.717, 1.165) is 23.4 Å². The van der Waals surface area contributed by atoms with Gasteiger partial charge >= 0.3 is 6.18 Å². The van der Waals surface area contributed by atoms with Crippen molar-refractivity contribution in [1.82, 2.24) is 9.80 Å². The Morgan fingerprint density at radius 1 is 1.10 bits per heavy atom. The van der Waals surface area contributed by atoms with Crippen LogP contribution in [0.4, 0.5) is 18.9 Å². The number of benzene rings is 1. The first kappa shape index (κ1) is 15.1. The first-order valence-corrected chi connectivity index (χ1v) is 6.70. The summed E-state index contributed by atoms with van der Waals surface area (Å²) in [6.45, 7) is 4.15. The number of piperazine rings is 1. The summed E-state index contributed by atoms with van der Waals surface area (Å²) in [4.78, 5) is 3.64. The molecule has 20 heavy (non-hydrogen) atoms. The Morgan fingerprint density at radius 2 is 1.70 bits per heavy atom. The molecule has 1 heterocycles. The third kappa shape index (κ3) is 4.11. The average molecular weight is 287 g/mol. The zero-order chi connectivity index (χ0) is 14.8. The Balaban J connectivity index is 1.87. The zero-order valence-electron chi connectivity index (χ0n) is 11.6. The van der Waals surface area contributed by atoms with Gasteiger partial charge < -0.3 is 5.73 Å². The number of nitrogens with zero attached hydrogens (tertiary/aromatic N) is 2. The Morgan fingerprint density at radius 3 is 2.30 bits per heavy atom. The topological polar surface area (TPSA) is 32.5 Å². The minimum Gasteiger partial charge on any atom is -0.399 e. The van der Waals surface area contributed by atoms with Crippen molar-refractivity contribution in [3.05, 3.63) is 29.3 Å². The molecule has 1 saturated heterocycles. The third-order valence-electron chi connectivity index (χ3n) is 3.75. The molecule has 0 radical (unpaired) electrons. The molecule has 1 aliphatic heterocycles. The van der Waals surface area contributed by atoms with E-state index in [4.69, 9.17) is 5.73 Å². The molecule has 1 fully saturated rings. The fraction of sp³-hybridized carbons (Fsp3) is 0.571. The van der Waals surface area contributed by atoms with Crippen molar-refractivity contribution in [2.75, 3.05) is 38.5 Å². The average Bonchev–Trinajstić information content (AvgIpc) is 2.35. The molecule has 0 bridgehead atoms. The van der Waals surface area contributed by atoms with E-state index in [1.54, 1.807) is 0 Å². The summed E-state index contributed by atoms with van der Waals surface area (Å²) in [5.41, 5.74) is 8.84. The van der Waals surface area contributed by atoms with Gasteiger partial charge in [0.1, 0.15) is 0 Å². The van der Waals surface area contributed by atoms with Gasteiger partial charge in [0.05, 0.1) is 6.54 Å². The Labute approximate surface area is 117 Å². The second-order valence-corrected chi connectivity index (χ2v) is 5.30. The first-order chi connectivity index (χ1) is 9.35. The molecule has 0 amide bonds. The van der Waals surface area contributed by atoms with Gasteiger partial charge in [-0.15, -0.1) is 0 Å². The lowest BCUT2D eigenvalue weighted by Crippen LogP contribution is -2.48. The highest BCUT2D eigenvalue weighted by molar-refractivity contribution is 5.49. The summed E-state index contributed by atoms with van der Waals surface area (Å²) in [5.74, 6) is 0. The quantitative estimate of drug-likeness (QED) is 0.866. The highest BCUT2D eigenvalue weighted by Gasteiger charge is 2.32. The molecule has 2 N–H and O–H groups in total. The molecule has 0 unspecified atom stereocenters. The fourth-order valence-electron chi connectivity index (χ4n) is 2.47. The monoisotopic (exact) mass is 287 g/mol. The number of rotatable bonds is 3. The van der Waals surface area contributed by atoms with Gasteiger partial charge in [0.25, 0.3) is 0 Å². The molecular formula is C14H20F3N3. The molecule has 1 aromatic carbocycles. The van der Waals surface area contributed by atoms with Crippen molar-refractivity contribution in [2.24, 2.45) is 0 Å². The van der Waals surface area contributed by atoms with Gasteiger partial charge in [0, 0.05) is 38.4 Å². The lowest BCUT2D eigenvalue weighted by molar-refractivity contribution is -0.149. The van der Waals surface area contributed by atoms with E-state index in [2.05, 4.69) is 4.90 Å². The third-order valence-corrected chi connectivity index (χ3v) is 3.75. The van der Waals surface area contributed by atoms with Crippen LogP contribution in [-0.2, 0) is 6.54 Å². The molecule has 1 aromatic rings. The smallest absolute Gasteiger partial charge is 0.399 e. The van der Waals surface area contributed by atoms with E-state index in [-0.39, 0.29) is 0 Å². The van der Waals surface area contributed by atoms with Crippen molar-refractivity contribution in [3.63, 3.8) is 0 Å². The highest BCUT2D eigenvalue weighted by atomic mass is 19.4. The van der Waals surface area contributed by atoms with Gasteiger partial charge in [-0.25, -0.2) is 0 Å². The number of hydrogen-bond donors (Lipinski definition) is 1. The van der Waals surface area contributed by atoms with Gasteiger partial charge in [-0.2, -0.15) is 13.2 Å². The SMILES string of the molecule is Cc1c(N)cccc1CN1CCN(CC(F)(F)F)CC1. The van der Waals surface area contributed by atoms with Crippen LogP contribution in [0.15, 0.2) is 18.2 Å². The fourth-order valence-corrected chi connectivity index (χ4v) is 2.47. The Kier molecular flexibility index (Phi) is 4.55. The minimum atomic E-state index is -4.10. The number of anilines is 1. The molecule has 6 heteroatoms. The number of nitrogen functional groups attached to an aromatic ring is 1. The largest absolute Gasteiger partial charge is 0.401 e. The van der Waals surface area contributed by atoms with Crippen molar-refractivity contribution >= 4 is 5.69 Å². The van der Waals surface area contributed by atoms with Crippen LogP contribution in [0, 0.1) is 6.92 Å². The maximum atomic E-state index is 12.3. The molecular weight excluding hydrogens is 267 g/mol. The van der Waals surface area contributed by atoms with Crippen LogP contribution in [0.2, 0.25) is 0 Å². The normalized spacial score (nSPS) is 18.4. The molecule has 112 valence electrons. The Hall–Kier alpha value is -1.27. The van der Waals surface area contributed by atoms with Crippen molar-refractivity contribution in [2.45, 2.75) is 19.6 Å². The molecule has 0 atom stereocenters. The van der Waals surface area contributed by atoms with E-state index in [9.17, 15) is 13.2 Å². The second kappa shape index (κ2) is 6.01. The predicted octanol–water partition coefficient (Wildman–Crippen LogP) is 2.26. The van der Waals surface area contributed by atoms with Gasteiger partial charge in [-0.3, -0.25) is 9.80 Å². The van der Waals surface area contributed by atoms with Crippen molar-refractivity contribution in [1.29, 1.82) is 0 Å². The molecule has 0 saturated carbocycles. The molecule has 0 aromatic heterocycles. The predicted molar refractivity (Wildman–Crippen MR) is 73.4 cm³/mol. The van der Waals surface area contributed by atoms with Crippen LogP contribution in [0.1, 0.15) is 11.1 Å². The molecule has 0 aliphatic carbocycles. The first-order valence-electron chi connectivity index (χ1n) is 6.70. The van der Waals surface area contributed by atoms with Crippen LogP contribution < -0.4 is 5.73 Å². The zero-order valence-corrected chi connectivity index (χ0v) is 11.6. The van der Waals surface area contributed by atoms with Crippen LogP contribution in [-0.4, -0.2) is 48.7 Å². The van der Waals surface area contributed by atoms with E-state index in [1.165, 1.54) is 4.90 Å². The number of halogens is 3. The van der Waals surface area contributed by atoms with E-state index >= 15 is 0 Å². The lowest BCUT2D eigenvalue weighted by Gasteiger charge is -2.35. The molecule has 1 aliphatic rings. The van der Waals surface area contributed by atoms with Crippen LogP contribution in [0.3, 0.4) is 0 Å². The summed E-state index contributed by atoms with van der Waals surface area (Å²) in [6, 6.07) is 5.80. The van der Waals surface area contributed by atoms with Crippen molar-refractivity contribution in [3.8, 4) is 0 Å². The highest BCUT2D eigenvalue weighted by Crippen LogP contribution is 2.20. The summed E-state index contributed by atoms with van der Waals surface area (Å²) in [6.07, 6.45) is -4.10. The lowest BCUT2D eigenvalue weighted by atomic mass is 10.1. The van der Waals surface area contributed by atoms with Gasteiger partial charge in [-0.1, -0.05) is 12.1 Å². The minimum absolute atomic E-state index is 0.459. The van der Waals surface area contributed by atoms with Gasteiger partial charge in [-0.05, 0) is 24.1 Å². The molecule has 3 nitrogen and oxygen atoms in total. The van der Waals surface area contributed by atoms with E-state index < -0.39 is 12.7 Å². The second-order valence-electron chi connectivity index (χ2n) is 5.30. The summed E-state index contributed by atoms with van der Waals surface area (Å²) < 4.78 is 36.9. The Bertz CT molecular complexity index is 451. The molecule has 2 rings (SSSR count). The maximum absolute atomic E-state index is 12.3. The summed E-state index contributed by atoms with van der Waals surface area (Å²) in [7, 11) is 0. The van der Waals surface area contributed by atoms with Gasteiger partial charge in [0.15, 0.2) is 0 Å². The van der Waals surface area contributed by atoms with E-state index in [1.807, 2.05) is 25.1 Å². The van der Waals surface area contributed by atoms with Gasteiger partial charge in [0.2, 0.25) is 0 Å². The van der Waals surface area contributed by atoms with Crippen molar-refractivity contribution < 1.29 is 13.2 Å². The van der Waals surface area contributed by atoms with Crippen LogP contribution in [0.5, 0.6) is 0 Å². The molecule has 0 spiro atoms. The number of hydrogen-bond acceptors (Lipinski definition) is 3. The standard InChI is InChI=1S/C14H20F3N3/c1-11-12(3-2-4-13(11)18)9-19-5-7-20(8-6-19)10-14(15,16)17/h2-4H,5-10,18H2,1H3. The van der Waals surface area contributed by atoms with Crippen LogP contribution >= 0.6 is 0 Å². The number of alkyl halides is 3. The maximum Gasteiger partial charge on any atom is 0.401 e.